The van der Waals surface area contributed by atoms with Gasteiger partial charge in [-0.1, -0.05) is 12.1 Å². The van der Waals surface area contributed by atoms with Gasteiger partial charge in [0.05, 0.1) is 5.56 Å². The average Bonchev–Trinajstić information content (AvgIpc) is 3.09. The third-order valence-corrected chi connectivity index (χ3v) is 5.13. The summed E-state index contributed by atoms with van der Waals surface area (Å²) in [5.41, 5.74) is 0.738. The van der Waals surface area contributed by atoms with Crippen LogP contribution in [0.2, 0.25) is 0 Å². The molecule has 1 aromatic rings. The van der Waals surface area contributed by atoms with Gasteiger partial charge in [-0.15, -0.1) is 0 Å². The largest absolute Gasteiger partial charge is 0.368 e. The smallest absolute Gasteiger partial charge is 0.255 e. The van der Waals surface area contributed by atoms with E-state index in [1.165, 1.54) is 0 Å². The number of amides is 2. The molecule has 5 nitrogen and oxygen atoms in total. The lowest BCUT2D eigenvalue weighted by atomic mass is 10.1. The van der Waals surface area contributed by atoms with Crippen LogP contribution in [-0.4, -0.2) is 60.5 Å². The molecule has 2 fully saturated rings. The number of rotatable bonds is 2. The van der Waals surface area contributed by atoms with Crippen molar-refractivity contribution in [3.05, 3.63) is 33.4 Å². The second-order valence-corrected chi connectivity index (χ2v) is 6.76. The van der Waals surface area contributed by atoms with Gasteiger partial charge in [0.15, 0.2) is 0 Å². The Bertz CT molecular complexity index is 564. The molecule has 2 heterocycles. The van der Waals surface area contributed by atoms with Gasteiger partial charge in [0, 0.05) is 36.4 Å². The maximum absolute atomic E-state index is 12.5. The van der Waals surface area contributed by atoms with Gasteiger partial charge in [-0.25, -0.2) is 0 Å². The highest BCUT2D eigenvalue weighted by atomic mass is 127. The zero-order valence-electron chi connectivity index (χ0n) is 12.3. The number of halogens is 1. The van der Waals surface area contributed by atoms with Gasteiger partial charge in [0.2, 0.25) is 0 Å². The van der Waals surface area contributed by atoms with Gasteiger partial charge < -0.3 is 14.5 Å². The first-order chi connectivity index (χ1) is 10.7. The summed E-state index contributed by atoms with van der Waals surface area (Å²) in [6.07, 6.45) is 1.51. The van der Waals surface area contributed by atoms with Crippen molar-refractivity contribution in [2.75, 3.05) is 32.8 Å². The summed E-state index contributed by atoms with van der Waals surface area (Å²) in [5, 5.41) is 0. The van der Waals surface area contributed by atoms with Crippen LogP contribution in [-0.2, 0) is 9.53 Å². The normalized spacial score (nSPS) is 22.0. The Kier molecular flexibility index (Phi) is 4.97. The molecule has 0 spiro atoms. The third kappa shape index (κ3) is 3.27. The van der Waals surface area contributed by atoms with E-state index in [2.05, 4.69) is 22.6 Å². The van der Waals surface area contributed by atoms with E-state index >= 15 is 0 Å². The monoisotopic (exact) mass is 414 g/mol. The number of piperazine rings is 1. The third-order valence-electron chi connectivity index (χ3n) is 4.19. The number of hydrogen-bond donors (Lipinski definition) is 0. The standard InChI is InChI=1S/C16H19IN2O3/c17-13-5-2-1-4-12(13)15(20)18-7-9-19(10-8-18)16(21)14-6-3-11-22-14/h1-2,4-5,14H,3,6-11H2. The van der Waals surface area contributed by atoms with E-state index in [0.29, 0.717) is 32.8 Å². The van der Waals surface area contributed by atoms with Crippen LogP contribution in [0, 0.1) is 3.57 Å². The maximum atomic E-state index is 12.5. The first-order valence-corrected chi connectivity index (χ1v) is 8.69. The van der Waals surface area contributed by atoms with Crippen LogP contribution in [0.15, 0.2) is 24.3 Å². The Morgan fingerprint density at radius 1 is 1.09 bits per heavy atom. The molecule has 0 saturated carbocycles. The number of carbonyl (C=O) groups is 2. The van der Waals surface area contributed by atoms with E-state index in [0.717, 1.165) is 22.0 Å². The quantitative estimate of drug-likeness (QED) is 0.694. The fourth-order valence-electron chi connectivity index (χ4n) is 2.91. The fourth-order valence-corrected chi connectivity index (χ4v) is 3.53. The first kappa shape index (κ1) is 15.7. The summed E-state index contributed by atoms with van der Waals surface area (Å²) in [6.45, 7) is 3.04. The molecule has 0 aromatic heterocycles. The molecule has 1 unspecified atom stereocenters. The van der Waals surface area contributed by atoms with Crippen LogP contribution in [0.5, 0.6) is 0 Å². The molecule has 22 heavy (non-hydrogen) atoms. The first-order valence-electron chi connectivity index (χ1n) is 7.61. The molecule has 0 N–H and O–H groups in total. The number of nitrogens with zero attached hydrogens (tertiary/aromatic N) is 2. The lowest BCUT2D eigenvalue weighted by Crippen LogP contribution is -2.52. The second kappa shape index (κ2) is 6.95. The molecule has 2 amide bonds. The molecule has 3 rings (SSSR count). The van der Waals surface area contributed by atoms with Crippen LogP contribution in [0.3, 0.4) is 0 Å². The van der Waals surface area contributed by atoms with Gasteiger partial charge in [0.25, 0.3) is 11.8 Å². The van der Waals surface area contributed by atoms with E-state index < -0.39 is 0 Å². The molecular formula is C16H19IN2O3. The predicted octanol–water partition coefficient (Wildman–Crippen LogP) is 1.75. The lowest BCUT2D eigenvalue weighted by Gasteiger charge is -2.35. The Balaban J connectivity index is 1.58. The number of benzene rings is 1. The number of ether oxygens (including phenoxy) is 1. The van der Waals surface area contributed by atoms with Crippen LogP contribution in [0.1, 0.15) is 23.2 Å². The zero-order valence-corrected chi connectivity index (χ0v) is 14.5. The minimum absolute atomic E-state index is 0.0502. The van der Waals surface area contributed by atoms with Gasteiger partial charge in [-0.3, -0.25) is 9.59 Å². The van der Waals surface area contributed by atoms with Crippen molar-refractivity contribution in [1.29, 1.82) is 0 Å². The summed E-state index contributed by atoms with van der Waals surface area (Å²) in [4.78, 5) is 28.5. The summed E-state index contributed by atoms with van der Waals surface area (Å²) < 4.78 is 6.42. The van der Waals surface area contributed by atoms with Crippen molar-refractivity contribution in [1.82, 2.24) is 9.80 Å². The molecule has 2 aliphatic heterocycles. The minimum Gasteiger partial charge on any atom is -0.368 e. The summed E-state index contributed by atoms with van der Waals surface area (Å²) >= 11 is 2.18. The van der Waals surface area contributed by atoms with Crippen LogP contribution >= 0.6 is 22.6 Å². The highest BCUT2D eigenvalue weighted by molar-refractivity contribution is 14.1. The Labute approximate surface area is 143 Å². The topological polar surface area (TPSA) is 49.9 Å². The van der Waals surface area contributed by atoms with Crippen molar-refractivity contribution >= 4 is 34.4 Å². The van der Waals surface area contributed by atoms with E-state index in [-0.39, 0.29) is 17.9 Å². The highest BCUT2D eigenvalue weighted by Gasteiger charge is 2.31. The molecule has 1 atom stereocenters. The molecule has 0 bridgehead atoms. The Morgan fingerprint density at radius 2 is 1.77 bits per heavy atom. The van der Waals surface area contributed by atoms with E-state index in [1.54, 1.807) is 0 Å². The summed E-state index contributed by atoms with van der Waals surface area (Å²) in [6, 6.07) is 7.60. The molecule has 2 aliphatic rings. The average molecular weight is 414 g/mol. The van der Waals surface area contributed by atoms with Crippen LogP contribution in [0.25, 0.3) is 0 Å². The molecule has 0 radical (unpaired) electrons. The van der Waals surface area contributed by atoms with Gasteiger partial charge in [-0.05, 0) is 47.6 Å². The van der Waals surface area contributed by atoms with Crippen molar-refractivity contribution < 1.29 is 14.3 Å². The van der Waals surface area contributed by atoms with Gasteiger partial charge in [-0.2, -0.15) is 0 Å². The van der Waals surface area contributed by atoms with E-state index in [1.807, 2.05) is 34.1 Å². The van der Waals surface area contributed by atoms with Crippen LogP contribution in [0.4, 0.5) is 0 Å². The Morgan fingerprint density at radius 3 is 2.41 bits per heavy atom. The van der Waals surface area contributed by atoms with Crippen molar-refractivity contribution in [2.24, 2.45) is 0 Å². The van der Waals surface area contributed by atoms with E-state index in [4.69, 9.17) is 4.74 Å². The zero-order chi connectivity index (χ0) is 15.5. The molecular weight excluding hydrogens is 395 g/mol. The van der Waals surface area contributed by atoms with Crippen LogP contribution < -0.4 is 0 Å². The van der Waals surface area contributed by atoms with Gasteiger partial charge >= 0.3 is 0 Å². The van der Waals surface area contributed by atoms with Crippen molar-refractivity contribution in [3.8, 4) is 0 Å². The maximum Gasteiger partial charge on any atom is 0.255 e. The van der Waals surface area contributed by atoms with Crippen molar-refractivity contribution in [3.63, 3.8) is 0 Å². The Hall–Kier alpha value is -1.15. The predicted molar refractivity (Wildman–Crippen MR) is 90.6 cm³/mol. The van der Waals surface area contributed by atoms with E-state index in [9.17, 15) is 9.59 Å². The van der Waals surface area contributed by atoms with Crippen molar-refractivity contribution in [2.45, 2.75) is 18.9 Å². The molecule has 2 saturated heterocycles. The summed E-state index contributed by atoms with van der Waals surface area (Å²) in [5.74, 6) is 0.133. The molecule has 1 aromatic carbocycles. The number of hydrogen-bond acceptors (Lipinski definition) is 3. The summed E-state index contributed by atoms with van der Waals surface area (Å²) in [7, 11) is 0. The second-order valence-electron chi connectivity index (χ2n) is 5.60. The molecule has 0 aliphatic carbocycles. The number of carbonyl (C=O) groups excluding carboxylic acids is 2. The SMILES string of the molecule is O=C(c1ccccc1I)N1CCN(C(=O)C2CCCO2)CC1. The van der Waals surface area contributed by atoms with Gasteiger partial charge in [0.1, 0.15) is 6.10 Å². The minimum atomic E-state index is -0.266. The molecule has 118 valence electrons. The molecule has 6 heteroatoms. The fraction of sp³-hybridized carbons (Fsp3) is 0.500. The highest BCUT2D eigenvalue weighted by Crippen LogP contribution is 2.18. The lowest BCUT2D eigenvalue weighted by molar-refractivity contribution is -0.142.